The lowest BCUT2D eigenvalue weighted by molar-refractivity contribution is -0.126. The first-order chi connectivity index (χ1) is 17.1. The molecule has 0 saturated carbocycles. The third kappa shape index (κ3) is 6.73. The van der Waals surface area contributed by atoms with Gasteiger partial charge in [-0.15, -0.1) is 0 Å². The molecule has 3 aromatic rings. The topological polar surface area (TPSA) is 61.9 Å². The molecule has 0 unspecified atom stereocenters. The van der Waals surface area contributed by atoms with E-state index in [9.17, 15) is 9.59 Å². The number of nitrogens with zero attached hydrogens (tertiary/aromatic N) is 2. The summed E-state index contributed by atoms with van der Waals surface area (Å²) in [6.07, 6.45) is 4.42. The van der Waals surface area contributed by atoms with Crippen LogP contribution in [0.1, 0.15) is 29.3 Å². The van der Waals surface area contributed by atoms with Crippen LogP contribution in [0.15, 0.2) is 84.9 Å². The fraction of sp³-hybridized carbons (Fsp3) is 0.241. The minimum atomic E-state index is -0.171. The summed E-state index contributed by atoms with van der Waals surface area (Å²) in [6.45, 7) is 5.55. The van der Waals surface area contributed by atoms with E-state index in [1.807, 2.05) is 84.6 Å². The Balaban J connectivity index is 1.28. The van der Waals surface area contributed by atoms with Crippen molar-refractivity contribution < 1.29 is 14.3 Å². The summed E-state index contributed by atoms with van der Waals surface area (Å²) in [5.41, 5.74) is 3.39. The molecule has 6 nitrogen and oxygen atoms in total. The zero-order chi connectivity index (χ0) is 24.5. The number of hydrogen-bond acceptors (Lipinski definition) is 4. The number of piperazine rings is 1. The average molecular weight is 470 g/mol. The quantitative estimate of drug-likeness (QED) is 0.467. The van der Waals surface area contributed by atoms with Gasteiger partial charge in [0, 0.05) is 49.2 Å². The van der Waals surface area contributed by atoms with Crippen LogP contribution in [0.2, 0.25) is 0 Å². The molecule has 1 fully saturated rings. The molecule has 0 aromatic heterocycles. The van der Waals surface area contributed by atoms with Crippen molar-refractivity contribution in [3.8, 4) is 5.75 Å². The van der Waals surface area contributed by atoms with Crippen LogP contribution in [-0.4, -0.2) is 49.5 Å². The summed E-state index contributed by atoms with van der Waals surface area (Å²) in [5.74, 6) is 0.564. The number of carbonyl (C=O) groups is 2. The Labute approximate surface area is 206 Å². The van der Waals surface area contributed by atoms with Crippen molar-refractivity contribution in [1.29, 1.82) is 0 Å². The van der Waals surface area contributed by atoms with Crippen LogP contribution in [0.3, 0.4) is 0 Å². The Hall–Kier alpha value is -4.06. The standard InChI is InChI=1S/C29H31N3O3/c1-2-21-35-27-10-6-9-24(22-27)29(34)30-25-12-14-26(15-13-25)31-17-19-32(20-18-31)28(33)16-11-23-7-4-3-5-8-23/h3-16,22H,2,17-21H2,1H3,(H,30,34)/b16-11+. The number of anilines is 2. The molecular weight excluding hydrogens is 438 g/mol. The van der Waals surface area contributed by atoms with Crippen LogP contribution >= 0.6 is 0 Å². The predicted octanol–water partition coefficient (Wildman–Crippen LogP) is 5.09. The number of rotatable bonds is 8. The van der Waals surface area contributed by atoms with Crippen LogP contribution in [0.5, 0.6) is 5.75 Å². The van der Waals surface area contributed by atoms with Gasteiger partial charge >= 0.3 is 0 Å². The zero-order valence-electron chi connectivity index (χ0n) is 20.0. The maximum absolute atomic E-state index is 12.7. The molecule has 180 valence electrons. The minimum Gasteiger partial charge on any atom is -0.494 e. The van der Waals surface area contributed by atoms with Crippen LogP contribution in [0.4, 0.5) is 11.4 Å². The maximum atomic E-state index is 12.7. The van der Waals surface area contributed by atoms with Crippen molar-refractivity contribution in [3.63, 3.8) is 0 Å². The van der Waals surface area contributed by atoms with Crippen LogP contribution in [0, 0.1) is 0 Å². The molecule has 2 amide bonds. The molecule has 6 heteroatoms. The van der Waals surface area contributed by atoms with Crippen molar-refractivity contribution >= 4 is 29.3 Å². The number of carbonyl (C=O) groups excluding carboxylic acids is 2. The fourth-order valence-electron chi connectivity index (χ4n) is 3.93. The van der Waals surface area contributed by atoms with E-state index in [0.717, 1.165) is 36.4 Å². The molecule has 1 aliphatic rings. The Morgan fingerprint density at radius 1 is 0.914 bits per heavy atom. The lowest BCUT2D eigenvalue weighted by Gasteiger charge is -2.35. The Morgan fingerprint density at radius 3 is 2.37 bits per heavy atom. The normalized spacial score (nSPS) is 13.6. The minimum absolute atomic E-state index is 0.0377. The second-order valence-corrected chi connectivity index (χ2v) is 8.43. The van der Waals surface area contributed by atoms with Crippen LogP contribution in [-0.2, 0) is 4.79 Å². The van der Waals surface area contributed by atoms with Crippen molar-refractivity contribution in [1.82, 2.24) is 4.90 Å². The molecule has 1 saturated heterocycles. The van der Waals surface area contributed by atoms with E-state index in [0.29, 0.717) is 31.0 Å². The highest BCUT2D eigenvalue weighted by Crippen LogP contribution is 2.21. The van der Waals surface area contributed by atoms with Gasteiger partial charge in [-0.3, -0.25) is 9.59 Å². The van der Waals surface area contributed by atoms with Crippen LogP contribution < -0.4 is 15.0 Å². The first-order valence-corrected chi connectivity index (χ1v) is 12.0. The largest absolute Gasteiger partial charge is 0.494 e. The smallest absolute Gasteiger partial charge is 0.255 e. The number of ether oxygens (including phenoxy) is 1. The van der Waals surface area contributed by atoms with Crippen molar-refractivity contribution in [3.05, 3.63) is 96.1 Å². The van der Waals surface area contributed by atoms with E-state index in [-0.39, 0.29) is 11.8 Å². The second-order valence-electron chi connectivity index (χ2n) is 8.43. The molecule has 35 heavy (non-hydrogen) atoms. The third-order valence-electron chi connectivity index (χ3n) is 5.87. The van der Waals surface area contributed by atoms with E-state index in [4.69, 9.17) is 4.74 Å². The van der Waals surface area contributed by atoms with Gasteiger partial charge in [0.15, 0.2) is 0 Å². The summed E-state index contributed by atoms with van der Waals surface area (Å²) in [7, 11) is 0. The lowest BCUT2D eigenvalue weighted by Crippen LogP contribution is -2.48. The molecule has 0 bridgehead atoms. The first kappa shape index (κ1) is 24.1. The Bertz CT molecular complexity index is 1150. The molecule has 0 aliphatic carbocycles. The van der Waals surface area contributed by atoms with Gasteiger partial charge in [-0.05, 0) is 60.5 Å². The third-order valence-corrected chi connectivity index (χ3v) is 5.87. The van der Waals surface area contributed by atoms with Gasteiger partial charge in [0.2, 0.25) is 5.91 Å². The average Bonchev–Trinajstić information content (AvgIpc) is 2.92. The highest BCUT2D eigenvalue weighted by molar-refractivity contribution is 6.04. The van der Waals surface area contributed by atoms with Gasteiger partial charge < -0.3 is 19.9 Å². The summed E-state index contributed by atoms with van der Waals surface area (Å²) in [5, 5.41) is 2.95. The first-order valence-electron chi connectivity index (χ1n) is 12.0. The molecule has 0 spiro atoms. The molecule has 0 atom stereocenters. The van der Waals surface area contributed by atoms with E-state index < -0.39 is 0 Å². The van der Waals surface area contributed by atoms with Gasteiger partial charge in [0.25, 0.3) is 5.91 Å². The summed E-state index contributed by atoms with van der Waals surface area (Å²) in [6, 6.07) is 24.9. The molecule has 1 aliphatic heterocycles. The number of nitrogens with one attached hydrogen (secondary N) is 1. The van der Waals surface area contributed by atoms with Crippen molar-refractivity contribution in [2.45, 2.75) is 13.3 Å². The Morgan fingerprint density at radius 2 is 1.66 bits per heavy atom. The van der Waals surface area contributed by atoms with E-state index in [1.54, 1.807) is 18.2 Å². The fourth-order valence-corrected chi connectivity index (χ4v) is 3.93. The van der Waals surface area contributed by atoms with E-state index in [2.05, 4.69) is 10.2 Å². The monoisotopic (exact) mass is 469 g/mol. The maximum Gasteiger partial charge on any atom is 0.255 e. The number of benzene rings is 3. The van der Waals surface area contributed by atoms with Gasteiger partial charge in [-0.2, -0.15) is 0 Å². The Kier molecular flexibility index (Phi) is 8.17. The second kappa shape index (κ2) is 11.9. The SMILES string of the molecule is CCCOc1cccc(C(=O)Nc2ccc(N3CCN(C(=O)/C=C/c4ccccc4)CC3)cc2)c1. The van der Waals surface area contributed by atoms with Crippen molar-refractivity contribution in [2.24, 2.45) is 0 Å². The molecular formula is C29H31N3O3. The van der Waals surface area contributed by atoms with Gasteiger partial charge in [-0.25, -0.2) is 0 Å². The van der Waals surface area contributed by atoms with Gasteiger partial charge in [0.05, 0.1) is 6.61 Å². The highest BCUT2D eigenvalue weighted by Gasteiger charge is 2.20. The van der Waals surface area contributed by atoms with Crippen molar-refractivity contribution in [2.75, 3.05) is 43.0 Å². The predicted molar refractivity (Wildman–Crippen MR) is 141 cm³/mol. The van der Waals surface area contributed by atoms with Gasteiger partial charge in [-0.1, -0.05) is 43.3 Å². The summed E-state index contributed by atoms with van der Waals surface area (Å²) < 4.78 is 5.62. The molecule has 0 radical (unpaired) electrons. The highest BCUT2D eigenvalue weighted by atomic mass is 16.5. The lowest BCUT2D eigenvalue weighted by atomic mass is 10.2. The molecule has 1 heterocycles. The van der Waals surface area contributed by atoms with Gasteiger partial charge in [0.1, 0.15) is 5.75 Å². The number of amides is 2. The summed E-state index contributed by atoms with van der Waals surface area (Å²) >= 11 is 0. The van der Waals surface area contributed by atoms with E-state index >= 15 is 0 Å². The number of hydrogen-bond donors (Lipinski definition) is 1. The van der Waals surface area contributed by atoms with E-state index in [1.165, 1.54) is 0 Å². The summed E-state index contributed by atoms with van der Waals surface area (Å²) in [4.78, 5) is 29.3. The molecule has 1 N–H and O–H groups in total. The zero-order valence-corrected chi connectivity index (χ0v) is 20.0. The molecule has 3 aromatic carbocycles. The van der Waals surface area contributed by atoms with Crippen LogP contribution in [0.25, 0.3) is 6.08 Å². The molecule has 4 rings (SSSR count).